The molecule has 0 heterocycles. The molecule has 1 aromatic rings. The third-order valence-electron chi connectivity index (χ3n) is 2.92. The fraction of sp³-hybridized carbons (Fsp3) is 0.400. The van der Waals surface area contributed by atoms with Crippen LogP contribution in [-0.2, 0) is 4.79 Å². The van der Waals surface area contributed by atoms with Crippen molar-refractivity contribution in [1.29, 1.82) is 0 Å². The van der Waals surface area contributed by atoms with E-state index >= 15 is 0 Å². The van der Waals surface area contributed by atoms with Crippen LogP contribution < -0.4 is 9.64 Å². The first-order valence-electron chi connectivity index (χ1n) is 6.24. The monoisotopic (exact) mass is 263 g/mol. The number of likely N-dealkylation sites (N-methyl/N-ethyl adjacent to an activating group) is 1. The number of ether oxygens (including phenoxy) is 1. The van der Waals surface area contributed by atoms with E-state index < -0.39 is 5.97 Å². The van der Waals surface area contributed by atoms with Gasteiger partial charge in [0.05, 0.1) is 12.8 Å². The summed E-state index contributed by atoms with van der Waals surface area (Å²) in [5, 5.41) is 8.57. The van der Waals surface area contributed by atoms with E-state index in [1.807, 2.05) is 24.1 Å². The van der Waals surface area contributed by atoms with E-state index in [0.29, 0.717) is 12.5 Å². The Morgan fingerprint density at radius 2 is 2.16 bits per heavy atom. The third-order valence-corrected chi connectivity index (χ3v) is 2.92. The summed E-state index contributed by atoms with van der Waals surface area (Å²) in [5.41, 5.74) is 2.16. The van der Waals surface area contributed by atoms with E-state index in [1.54, 1.807) is 13.2 Å². The Morgan fingerprint density at radius 1 is 1.47 bits per heavy atom. The number of carboxylic acid groups (broad SMARTS) is 1. The molecule has 19 heavy (non-hydrogen) atoms. The lowest BCUT2D eigenvalue weighted by atomic mass is 10.0. The number of methoxy groups -OCH3 is 1. The molecule has 4 nitrogen and oxygen atoms in total. The summed E-state index contributed by atoms with van der Waals surface area (Å²) < 4.78 is 5.40. The molecule has 0 unspecified atom stereocenters. The first-order chi connectivity index (χ1) is 8.95. The normalized spacial score (nSPS) is 11.0. The van der Waals surface area contributed by atoms with Gasteiger partial charge in [-0.05, 0) is 23.6 Å². The van der Waals surface area contributed by atoms with Gasteiger partial charge in [-0.2, -0.15) is 0 Å². The quantitative estimate of drug-likeness (QED) is 0.802. The summed E-state index contributed by atoms with van der Waals surface area (Å²) in [6.45, 7) is 4.78. The van der Waals surface area contributed by atoms with Crippen molar-refractivity contribution >= 4 is 11.7 Å². The van der Waals surface area contributed by atoms with Crippen LogP contribution in [0.2, 0.25) is 0 Å². The number of carboxylic acids is 1. The van der Waals surface area contributed by atoms with Gasteiger partial charge >= 0.3 is 5.97 Å². The van der Waals surface area contributed by atoms with Gasteiger partial charge in [0, 0.05) is 19.7 Å². The maximum atomic E-state index is 10.4. The predicted molar refractivity (Wildman–Crippen MR) is 77.1 cm³/mol. The summed E-state index contributed by atoms with van der Waals surface area (Å²) >= 11 is 0. The molecule has 1 aromatic carbocycles. The smallest absolute Gasteiger partial charge is 0.328 e. The van der Waals surface area contributed by atoms with Gasteiger partial charge in [-0.25, -0.2) is 4.79 Å². The molecule has 0 saturated heterocycles. The standard InChI is InChI=1S/C15H21NO3/c1-11(2)12-7-8-13(14(10-12)19-4)16(3)9-5-6-15(17)18/h5-8,10-11H,9H2,1-4H3,(H,17,18)/b6-5+. The van der Waals surface area contributed by atoms with E-state index in [9.17, 15) is 4.79 Å². The van der Waals surface area contributed by atoms with Crippen LogP contribution in [0.3, 0.4) is 0 Å². The molecule has 1 N–H and O–H groups in total. The molecule has 0 spiro atoms. The van der Waals surface area contributed by atoms with Gasteiger partial charge in [-0.1, -0.05) is 26.0 Å². The minimum absolute atomic E-state index is 0.445. The lowest BCUT2D eigenvalue weighted by Gasteiger charge is -2.21. The molecule has 0 radical (unpaired) electrons. The van der Waals surface area contributed by atoms with Crippen molar-refractivity contribution in [3.8, 4) is 5.75 Å². The first-order valence-corrected chi connectivity index (χ1v) is 6.24. The van der Waals surface area contributed by atoms with Gasteiger partial charge in [-0.15, -0.1) is 0 Å². The zero-order valence-corrected chi connectivity index (χ0v) is 11.9. The lowest BCUT2D eigenvalue weighted by Crippen LogP contribution is -2.18. The van der Waals surface area contributed by atoms with Crippen molar-refractivity contribution in [3.05, 3.63) is 35.9 Å². The Kier molecular flexibility index (Phi) is 5.42. The van der Waals surface area contributed by atoms with Gasteiger partial charge in [0.15, 0.2) is 0 Å². The van der Waals surface area contributed by atoms with Crippen molar-refractivity contribution in [3.63, 3.8) is 0 Å². The minimum atomic E-state index is -0.935. The SMILES string of the molecule is COc1cc(C(C)C)ccc1N(C)C/C=C/C(=O)O. The number of hydrogen-bond donors (Lipinski definition) is 1. The van der Waals surface area contributed by atoms with Crippen LogP contribution in [0, 0.1) is 0 Å². The Labute approximate surface area is 114 Å². The van der Waals surface area contributed by atoms with Crippen LogP contribution in [0.5, 0.6) is 5.75 Å². The Bertz CT molecular complexity index is 466. The van der Waals surface area contributed by atoms with E-state index in [-0.39, 0.29) is 0 Å². The van der Waals surface area contributed by atoms with Crippen LogP contribution >= 0.6 is 0 Å². The molecule has 1 rings (SSSR count). The fourth-order valence-corrected chi connectivity index (χ4v) is 1.78. The van der Waals surface area contributed by atoms with Crippen molar-refractivity contribution in [2.45, 2.75) is 19.8 Å². The highest BCUT2D eigenvalue weighted by Crippen LogP contribution is 2.30. The largest absolute Gasteiger partial charge is 0.495 e. The molecule has 104 valence electrons. The molecular formula is C15H21NO3. The number of hydrogen-bond acceptors (Lipinski definition) is 3. The maximum Gasteiger partial charge on any atom is 0.328 e. The number of carbonyl (C=O) groups is 1. The summed E-state index contributed by atoms with van der Waals surface area (Å²) in [7, 11) is 3.54. The molecule has 0 amide bonds. The number of anilines is 1. The average molecular weight is 263 g/mol. The number of rotatable bonds is 6. The molecule has 0 aliphatic carbocycles. The summed E-state index contributed by atoms with van der Waals surface area (Å²) in [4.78, 5) is 12.4. The van der Waals surface area contributed by atoms with Gasteiger partial charge in [0.1, 0.15) is 5.75 Å². The molecule has 0 saturated carbocycles. The molecule has 0 bridgehead atoms. The second-order valence-electron chi connectivity index (χ2n) is 4.71. The Hall–Kier alpha value is -1.97. The fourth-order valence-electron chi connectivity index (χ4n) is 1.78. The molecule has 0 atom stereocenters. The van der Waals surface area contributed by atoms with Crippen LogP contribution in [0.1, 0.15) is 25.3 Å². The minimum Gasteiger partial charge on any atom is -0.495 e. The average Bonchev–Trinajstić information content (AvgIpc) is 2.37. The number of nitrogens with zero attached hydrogens (tertiary/aromatic N) is 1. The molecule has 0 fully saturated rings. The summed E-state index contributed by atoms with van der Waals surface area (Å²) in [6.07, 6.45) is 2.75. The van der Waals surface area contributed by atoms with Crippen LogP contribution in [0.15, 0.2) is 30.4 Å². The zero-order valence-electron chi connectivity index (χ0n) is 11.9. The summed E-state index contributed by atoms with van der Waals surface area (Å²) in [5.74, 6) is 0.313. The lowest BCUT2D eigenvalue weighted by molar-refractivity contribution is -0.131. The second kappa shape index (κ2) is 6.83. The Balaban J connectivity index is 2.90. The molecule has 0 aromatic heterocycles. The number of aliphatic carboxylic acids is 1. The van der Waals surface area contributed by atoms with Crippen molar-refractivity contribution in [1.82, 2.24) is 0 Å². The van der Waals surface area contributed by atoms with E-state index in [1.165, 1.54) is 5.56 Å². The predicted octanol–water partition coefficient (Wildman–Crippen LogP) is 2.90. The van der Waals surface area contributed by atoms with Crippen LogP contribution in [0.4, 0.5) is 5.69 Å². The van der Waals surface area contributed by atoms with Gasteiger partial charge in [0.25, 0.3) is 0 Å². The van der Waals surface area contributed by atoms with Crippen molar-refractivity contribution in [2.75, 3.05) is 25.6 Å². The van der Waals surface area contributed by atoms with Crippen molar-refractivity contribution < 1.29 is 14.6 Å². The van der Waals surface area contributed by atoms with Crippen molar-refractivity contribution in [2.24, 2.45) is 0 Å². The molecule has 0 aliphatic rings. The van der Waals surface area contributed by atoms with Crippen LogP contribution in [-0.4, -0.2) is 31.8 Å². The first kappa shape index (κ1) is 15.1. The molecular weight excluding hydrogens is 242 g/mol. The zero-order chi connectivity index (χ0) is 14.4. The highest BCUT2D eigenvalue weighted by atomic mass is 16.5. The van der Waals surface area contributed by atoms with E-state index in [4.69, 9.17) is 9.84 Å². The second-order valence-corrected chi connectivity index (χ2v) is 4.71. The van der Waals surface area contributed by atoms with Gasteiger partial charge in [0.2, 0.25) is 0 Å². The molecule has 4 heteroatoms. The highest BCUT2D eigenvalue weighted by molar-refractivity contribution is 5.79. The summed E-state index contributed by atoms with van der Waals surface area (Å²) in [6, 6.07) is 6.10. The topological polar surface area (TPSA) is 49.8 Å². The number of benzene rings is 1. The third kappa shape index (κ3) is 4.32. The Morgan fingerprint density at radius 3 is 2.68 bits per heavy atom. The maximum absolute atomic E-state index is 10.4. The van der Waals surface area contributed by atoms with Gasteiger partial charge in [-0.3, -0.25) is 0 Å². The van der Waals surface area contributed by atoms with Crippen LogP contribution in [0.25, 0.3) is 0 Å². The van der Waals surface area contributed by atoms with E-state index in [2.05, 4.69) is 19.9 Å². The van der Waals surface area contributed by atoms with Gasteiger partial charge < -0.3 is 14.7 Å². The highest BCUT2D eigenvalue weighted by Gasteiger charge is 2.09. The van der Waals surface area contributed by atoms with E-state index in [0.717, 1.165) is 17.5 Å². The molecule has 0 aliphatic heterocycles.